The Bertz CT molecular complexity index is 269. The minimum absolute atomic E-state index is 0.0102. The Hall–Kier alpha value is -0.610. The molecule has 1 amide bonds. The Kier molecular flexibility index (Phi) is 7.39. The van der Waals surface area contributed by atoms with Crippen LogP contribution in [0.25, 0.3) is 0 Å². The fourth-order valence-corrected chi connectivity index (χ4v) is 2.63. The summed E-state index contributed by atoms with van der Waals surface area (Å²) in [6.45, 7) is 11.4. The summed E-state index contributed by atoms with van der Waals surface area (Å²) in [7, 11) is 0. The third-order valence-electron chi connectivity index (χ3n) is 3.77. The molecule has 0 spiro atoms. The highest BCUT2D eigenvalue weighted by molar-refractivity contribution is 5.80. The smallest absolute Gasteiger partial charge is 0.229 e. The Morgan fingerprint density at radius 1 is 1.32 bits per heavy atom. The van der Waals surface area contributed by atoms with Crippen molar-refractivity contribution in [3.8, 4) is 0 Å². The van der Waals surface area contributed by atoms with Gasteiger partial charge in [0.1, 0.15) is 0 Å². The topological polar surface area (TPSA) is 41.6 Å². The largest absolute Gasteiger partial charge is 0.379 e. The van der Waals surface area contributed by atoms with Crippen LogP contribution in [0.3, 0.4) is 0 Å². The van der Waals surface area contributed by atoms with Crippen LogP contribution in [-0.4, -0.2) is 49.2 Å². The molecule has 112 valence electrons. The summed E-state index contributed by atoms with van der Waals surface area (Å²) in [5.41, 5.74) is 0. The van der Waals surface area contributed by atoms with E-state index in [0.29, 0.717) is 13.2 Å². The molecule has 0 aliphatic carbocycles. The summed E-state index contributed by atoms with van der Waals surface area (Å²) < 4.78 is 5.49. The van der Waals surface area contributed by atoms with Crippen LogP contribution in [0.2, 0.25) is 0 Å². The van der Waals surface area contributed by atoms with Gasteiger partial charge < -0.3 is 15.0 Å². The maximum Gasteiger partial charge on any atom is 0.229 e. The second-order valence-corrected chi connectivity index (χ2v) is 5.64. The van der Waals surface area contributed by atoms with E-state index in [1.807, 2.05) is 4.90 Å². The van der Waals surface area contributed by atoms with Crippen LogP contribution >= 0.6 is 0 Å². The molecule has 19 heavy (non-hydrogen) atoms. The van der Waals surface area contributed by atoms with Gasteiger partial charge in [0, 0.05) is 18.6 Å². The van der Waals surface area contributed by atoms with Crippen LogP contribution in [0.5, 0.6) is 0 Å². The van der Waals surface area contributed by atoms with Crippen molar-refractivity contribution in [2.24, 2.45) is 5.92 Å². The molecule has 0 aromatic rings. The number of nitrogens with zero attached hydrogens (tertiary/aromatic N) is 1. The van der Waals surface area contributed by atoms with Crippen LogP contribution in [0.15, 0.2) is 0 Å². The highest BCUT2D eigenvalue weighted by atomic mass is 16.5. The third kappa shape index (κ3) is 4.77. The van der Waals surface area contributed by atoms with Crippen molar-refractivity contribution in [1.29, 1.82) is 0 Å². The van der Waals surface area contributed by atoms with E-state index in [9.17, 15) is 4.79 Å². The molecule has 1 aliphatic rings. The maximum absolute atomic E-state index is 12.7. The molecule has 1 saturated heterocycles. The zero-order valence-corrected chi connectivity index (χ0v) is 12.9. The molecule has 4 heteroatoms. The zero-order chi connectivity index (χ0) is 14.3. The number of ether oxygens (including phenoxy) is 1. The number of likely N-dealkylation sites (N-methyl/N-ethyl adjacent to an activating group) is 1. The molecule has 1 aliphatic heterocycles. The number of nitrogens with one attached hydrogen (secondary N) is 1. The third-order valence-corrected chi connectivity index (χ3v) is 3.77. The number of rotatable bonds is 8. The second-order valence-electron chi connectivity index (χ2n) is 5.64. The van der Waals surface area contributed by atoms with E-state index < -0.39 is 0 Å². The predicted molar refractivity (Wildman–Crippen MR) is 78.1 cm³/mol. The zero-order valence-electron chi connectivity index (χ0n) is 12.9. The minimum Gasteiger partial charge on any atom is -0.379 e. The SMILES string of the molecule is CCCCCN(C(=O)C1COCC1NCC)C(C)C. The lowest BCUT2D eigenvalue weighted by atomic mass is 10.0. The van der Waals surface area contributed by atoms with E-state index >= 15 is 0 Å². The summed E-state index contributed by atoms with van der Waals surface area (Å²) in [6.07, 6.45) is 3.47. The van der Waals surface area contributed by atoms with Gasteiger partial charge in [0.15, 0.2) is 0 Å². The van der Waals surface area contributed by atoms with Crippen molar-refractivity contribution in [2.45, 2.75) is 59.0 Å². The number of unbranched alkanes of at least 4 members (excludes halogenated alkanes) is 2. The van der Waals surface area contributed by atoms with E-state index in [1.54, 1.807) is 0 Å². The maximum atomic E-state index is 12.7. The molecule has 1 rings (SSSR count). The van der Waals surface area contributed by atoms with Crippen molar-refractivity contribution in [3.63, 3.8) is 0 Å². The summed E-state index contributed by atoms with van der Waals surface area (Å²) in [6, 6.07) is 0.456. The van der Waals surface area contributed by atoms with Crippen LogP contribution in [0, 0.1) is 5.92 Å². The molecule has 0 radical (unpaired) electrons. The molecule has 0 aromatic carbocycles. The molecule has 2 atom stereocenters. The number of amides is 1. The highest BCUT2D eigenvalue weighted by Crippen LogP contribution is 2.19. The lowest BCUT2D eigenvalue weighted by molar-refractivity contribution is -0.137. The van der Waals surface area contributed by atoms with Crippen LogP contribution < -0.4 is 5.32 Å². The van der Waals surface area contributed by atoms with E-state index in [-0.39, 0.29) is 23.9 Å². The Morgan fingerprint density at radius 3 is 2.63 bits per heavy atom. The van der Waals surface area contributed by atoms with Crippen molar-refractivity contribution in [1.82, 2.24) is 10.2 Å². The van der Waals surface area contributed by atoms with E-state index in [4.69, 9.17) is 4.74 Å². The average Bonchev–Trinajstić information content (AvgIpc) is 2.82. The first-order valence-electron chi connectivity index (χ1n) is 7.73. The Labute approximate surface area is 117 Å². The van der Waals surface area contributed by atoms with Gasteiger partial charge in [-0.3, -0.25) is 4.79 Å². The predicted octanol–water partition coefficient (Wildman–Crippen LogP) is 2.04. The quantitative estimate of drug-likeness (QED) is 0.686. The molecular formula is C15H30N2O2. The first-order chi connectivity index (χ1) is 9.11. The van der Waals surface area contributed by atoms with Crippen LogP contribution in [0.4, 0.5) is 0 Å². The van der Waals surface area contributed by atoms with Gasteiger partial charge in [0.25, 0.3) is 0 Å². The van der Waals surface area contributed by atoms with Gasteiger partial charge in [-0.1, -0.05) is 26.7 Å². The number of hydrogen-bond donors (Lipinski definition) is 1. The van der Waals surface area contributed by atoms with E-state index in [2.05, 4.69) is 33.0 Å². The molecule has 0 saturated carbocycles. The van der Waals surface area contributed by atoms with Gasteiger partial charge >= 0.3 is 0 Å². The summed E-state index contributed by atoms with van der Waals surface area (Å²) in [5, 5.41) is 3.36. The lowest BCUT2D eigenvalue weighted by Gasteiger charge is -2.31. The second kappa shape index (κ2) is 8.54. The van der Waals surface area contributed by atoms with Crippen LogP contribution in [0.1, 0.15) is 47.0 Å². The van der Waals surface area contributed by atoms with Crippen molar-refractivity contribution in [2.75, 3.05) is 26.3 Å². The first kappa shape index (κ1) is 16.4. The van der Waals surface area contributed by atoms with Gasteiger partial charge in [-0.2, -0.15) is 0 Å². The van der Waals surface area contributed by atoms with Gasteiger partial charge in [0.05, 0.1) is 19.1 Å². The molecule has 1 fully saturated rings. The standard InChI is InChI=1S/C15H30N2O2/c1-5-7-8-9-17(12(3)4)15(18)13-10-19-11-14(13)16-6-2/h12-14,16H,5-11H2,1-4H3. The normalized spacial score (nSPS) is 23.0. The molecule has 4 nitrogen and oxygen atoms in total. The van der Waals surface area contributed by atoms with Gasteiger partial charge in [0.2, 0.25) is 5.91 Å². The summed E-state index contributed by atoms with van der Waals surface area (Å²) in [4.78, 5) is 14.7. The fraction of sp³-hybridized carbons (Fsp3) is 0.933. The summed E-state index contributed by atoms with van der Waals surface area (Å²) >= 11 is 0. The monoisotopic (exact) mass is 270 g/mol. The molecule has 1 heterocycles. The number of hydrogen-bond acceptors (Lipinski definition) is 3. The number of carbonyl (C=O) groups excluding carboxylic acids is 1. The Morgan fingerprint density at radius 2 is 2.05 bits per heavy atom. The average molecular weight is 270 g/mol. The van der Waals surface area contributed by atoms with Crippen molar-refractivity contribution < 1.29 is 9.53 Å². The van der Waals surface area contributed by atoms with Crippen LogP contribution in [-0.2, 0) is 9.53 Å². The molecule has 2 unspecified atom stereocenters. The minimum atomic E-state index is -0.0102. The van der Waals surface area contributed by atoms with Gasteiger partial charge in [-0.15, -0.1) is 0 Å². The molecule has 0 aromatic heterocycles. The highest BCUT2D eigenvalue weighted by Gasteiger charge is 2.36. The number of carbonyl (C=O) groups is 1. The Balaban J connectivity index is 2.59. The first-order valence-corrected chi connectivity index (χ1v) is 7.73. The molecular weight excluding hydrogens is 240 g/mol. The van der Waals surface area contributed by atoms with Crippen molar-refractivity contribution >= 4 is 5.91 Å². The van der Waals surface area contributed by atoms with E-state index in [0.717, 1.165) is 19.5 Å². The molecule has 0 bridgehead atoms. The molecule has 1 N–H and O–H groups in total. The lowest BCUT2D eigenvalue weighted by Crippen LogP contribution is -2.48. The van der Waals surface area contributed by atoms with Crippen molar-refractivity contribution in [3.05, 3.63) is 0 Å². The van der Waals surface area contributed by atoms with E-state index in [1.165, 1.54) is 12.8 Å². The summed E-state index contributed by atoms with van der Waals surface area (Å²) in [5.74, 6) is 0.249. The van der Waals surface area contributed by atoms with Gasteiger partial charge in [-0.25, -0.2) is 0 Å². The fourth-order valence-electron chi connectivity index (χ4n) is 2.63. The van der Waals surface area contributed by atoms with Gasteiger partial charge in [-0.05, 0) is 26.8 Å².